The molecule has 6 nitrogen and oxygen atoms in total. The Morgan fingerprint density at radius 2 is 1.90 bits per heavy atom. The Morgan fingerprint density at radius 3 is 2.40 bits per heavy atom. The molecule has 2 rings (SSSR count). The first-order valence-electron chi connectivity index (χ1n) is 5.86. The van der Waals surface area contributed by atoms with Crippen LogP contribution >= 0.6 is 0 Å². The van der Waals surface area contributed by atoms with Gasteiger partial charge in [-0.15, -0.1) is 0 Å². The molecule has 0 saturated carbocycles. The summed E-state index contributed by atoms with van der Waals surface area (Å²) in [5.74, 6) is -0.869. The van der Waals surface area contributed by atoms with Crippen molar-refractivity contribution in [3.63, 3.8) is 0 Å². The topological polar surface area (TPSA) is 90.9 Å². The number of carbonyl (C=O) groups excluding carboxylic acids is 1. The van der Waals surface area contributed by atoms with Gasteiger partial charge in [-0.25, -0.2) is 0 Å². The van der Waals surface area contributed by atoms with Crippen LogP contribution in [-0.2, 0) is 0 Å². The molecule has 0 unspecified atom stereocenters. The fourth-order valence-corrected chi connectivity index (χ4v) is 1.50. The van der Waals surface area contributed by atoms with E-state index in [-0.39, 0.29) is 27.5 Å². The molecule has 0 aromatic carbocycles. The molecule has 0 aliphatic carbocycles. The molecular weight excluding hydrogens is 253 g/mol. The molecule has 9 heteroatoms. The van der Waals surface area contributed by atoms with Crippen molar-refractivity contribution in [2.75, 3.05) is 0 Å². The number of primary amides is 1. The van der Waals surface area contributed by atoms with E-state index in [1.54, 1.807) is 0 Å². The summed E-state index contributed by atoms with van der Waals surface area (Å²) in [4.78, 5) is 26.7. The van der Waals surface area contributed by atoms with Gasteiger partial charge in [0.25, 0.3) is 19.4 Å². The third-order valence-electron chi connectivity index (χ3n) is 2.24. The number of amides is 1. The summed E-state index contributed by atoms with van der Waals surface area (Å²) >= 11 is 0. The quantitative estimate of drug-likeness (QED) is 0.593. The van der Waals surface area contributed by atoms with Crippen LogP contribution in [0.3, 0.4) is 0 Å². The van der Waals surface area contributed by atoms with Gasteiger partial charge in [0.2, 0.25) is 0 Å². The summed E-state index contributed by atoms with van der Waals surface area (Å²) in [7, 11) is 16.5. The first-order valence-corrected chi connectivity index (χ1v) is 5.86. The van der Waals surface area contributed by atoms with Crippen LogP contribution in [0.1, 0.15) is 30.8 Å². The van der Waals surface area contributed by atoms with E-state index in [0.717, 1.165) is 0 Å². The highest BCUT2D eigenvalue weighted by molar-refractivity contribution is 6.44. The maximum absolute atomic E-state index is 11.7. The number of nitrogens with zero attached hydrogens (tertiary/aromatic N) is 3. The second-order valence-electron chi connectivity index (χ2n) is 4.02. The van der Waals surface area contributed by atoms with Crippen LogP contribution < -0.4 is 22.3 Å². The zero-order chi connectivity index (χ0) is 15.4. The number of hydrogen-bond acceptors (Lipinski definition) is 4. The van der Waals surface area contributed by atoms with Crippen LogP contribution in [0.4, 0.5) is 0 Å². The predicted molar refractivity (Wildman–Crippen MR) is 80.2 cm³/mol. The smallest absolute Gasteiger partial charge is 0.269 e. The van der Waals surface area contributed by atoms with E-state index >= 15 is 0 Å². The molecule has 0 spiro atoms. The highest BCUT2D eigenvalue weighted by Crippen LogP contribution is 2.06. The lowest BCUT2D eigenvalue weighted by molar-refractivity contribution is 0.0996. The number of hydrogen-bond donors (Lipinski definition) is 1. The number of fused-ring (bicyclic) bond motifs is 1. The molecule has 2 heterocycles. The molecule has 0 atom stereocenters. The van der Waals surface area contributed by atoms with Crippen LogP contribution in [0.5, 0.6) is 0 Å². The monoisotopic (exact) mass is 264 g/mol. The summed E-state index contributed by atoms with van der Waals surface area (Å²) in [6.45, 7) is 4.25. The van der Waals surface area contributed by atoms with E-state index in [2.05, 4.69) is 23.9 Å². The maximum atomic E-state index is 11.7. The zero-order valence-corrected chi connectivity index (χ0v) is 11.3. The summed E-state index contributed by atoms with van der Waals surface area (Å²) in [6.07, 6.45) is 2.46. The maximum Gasteiger partial charge on any atom is 0.269 e. The SMILES string of the molecule is CCC.[B]c1cnc([B])c2c(=O)n([B])nc(C(N)=O)c12. The lowest BCUT2D eigenvalue weighted by atomic mass is 9.87. The molecule has 0 aliphatic rings. The first-order chi connectivity index (χ1) is 9.34. The van der Waals surface area contributed by atoms with Crippen molar-refractivity contribution in [3.8, 4) is 0 Å². The van der Waals surface area contributed by atoms with Gasteiger partial charge in [0, 0.05) is 17.2 Å². The molecule has 2 aromatic heterocycles. The van der Waals surface area contributed by atoms with E-state index in [9.17, 15) is 9.59 Å². The highest BCUT2D eigenvalue weighted by Gasteiger charge is 2.16. The average Bonchev–Trinajstić information content (AvgIpc) is 2.37. The molecule has 0 bridgehead atoms. The Balaban J connectivity index is 0.000000612. The molecule has 6 radical (unpaired) electrons. The normalized spacial score (nSPS) is 9.90. The molecular formula is C11H11B3N4O2. The van der Waals surface area contributed by atoms with E-state index in [1.165, 1.54) is 12.6 Å². The molecule has 0 fully saturated rings. The second kappa shape index (κ2) is 6.41. The van der Waals surface area contributed by atoms with Gasteiger partial charge >= 0.3 is 0 Å². The summed E-state index contributed by atoms with van der Waals surface area (Å²) in [6, 6.07) is 0. The largest absolute Gasteiger partial charge is 0.364 e. The van der Waals surface area contributed by atoms with E-state index < -0.39 is 11.5 Å². The standard InChI is InChI=1S/C8H3B3N4O2.C3H8/c9-2-1-13-6(10)4-3(2)5(7(12)16)14-15(11)8(4)17;1-3-2/h1H,(H2,12,16);3H2,1-2H3. The minimum absolute atomic E-state index is 0.0664. The number of carbonyl (C=O) groups is 1. The van der Waals surface area contributed by atoms with Gasteiger partial charge < -0.3 is 5.73 Å². The Kier molecular flexibility index (Phi) is 5.13. The fourth-order valence-electron chi connectivity index (χ4n) is 1.50. The van der Waals surface area contributed by atoms with E-state index in [4.69, 9.17) is 29.4 Å². The number of nitrogens with two attached hydrogens (primary N) is 1. The summed E-state index contributed by atoms with van der Waals surface area (Å²) < 4.78 is 0.472. The van der Waals surface area contributed by atoms with Crippen LogP contribution in [0.15, 0.2) is 11.0 Å². The third-order valence-corrected chi connectivity index (χ3v) is 2.24. The van der Waals surface area contributed by atoms with Gasteiger partial charge in [-0.05, 0) is 0 Å². The van der Waals surface area contributed by atoms with Crippen molar-refractivity contribution in [2.24, 2.45) is 5.73 Å². The Morgan fingerprint density at radius 1 is 1.35 bits per heavy atom. The van der Waals surface area contributed by atoms with Gasteiger partial charge in [-0.1, -0.05) is 25.7 Å². The zero-order valence-electron chi connectivity index (χ0n) is 11.3. The van der Waals surface area contributed by atoms with Crippen LogP contribution in [0.2, 0.25) is 0 Å². The van der Waals surface area contributed by atoms with Gasteiger partial charge in [-0.3, -0.25) is 19.2 Å². The van der Waals surface area contributed by atoms with Crippen molar-refractivity contribution in [2.45, 2.75) is 20.3 Å². The Labute approximate surface area is 120 Å². The Bertz CT molecular complexity index is 715. The second-order valence-corrected chi connectivity index (χ2v) is 4.02. The lowest BCUT2D eigenvalue weighted by Gasteiger charge is -2.10. The number of aromatic nitrogens is 3. The first kappa shape index (κ1) is 16.0. The predicted octanol–water partition coefficient (Wildman–Crippen LogP) is -2.17. The Hall–Kier alpha value is -2.05. The molecule has 0 aliphatic heterocycles. The van der Waals surface area contributed by atoms with Crippen molar-refractivity contribution in [1.29, 1.82) is 0 Å². The minimum Gasteiger partial charge on any atom is -0.364 e. The van der Waals surface area contributed by atoms with Gasteiger partial charge in [0.15, 0.2) is 5.69 Å². The average molecular weight is 264 g/mol. The molecule has 1 amide bonds. The highest BCUT2D eigenvalue weighted by atomic mass is 16.1. The van der Waals surface area contributed by atoms with Crippen molar-refractivity contribution in [3.05, 3.63) is 22.2 Å². The van der Waals surface area contributed by atoms with Crippen molar-refractivity contribution < 1.29 is 4.79 Å². The van der Waals surface area contributed by atoms with Crippen LogP contribution in [0, 0.1) is 0 Å². The minimum atomic E-state index is -0.869. The van der Waals surface area contributed by atoms with Gasteiger partial charge in [0.1, 0.15) is 15.7 Å². The summed E-state index contributed by atoms with van der Waals surface area (Å²) in [5, 5.41) is 3.54. The fraction of sp³-hybridized carbons (Fsp3) is 0.273. The molecule has 20 heavy (non-hydrogen) atoms. The van der Waals surface area contributed by atoms with Crippen LogP contribution in [0.25, 0.3) is 10.8 Å². The number of rotatable bonds is 1. The van der Waals surface area contributed by atoms with Gasteiger partial charge in [-0.2, -0.15) is 5.10 Å². The van der Waals surface area contributed by atoms with Crippen molar-refractivity contribution >= 4 is 51.4 Å². The molecule has 96 valence electrons. The van der Waals surface area contributed by atoms with Gasteiger partial charge in [0.05, 0.1) is 5.39 Å². The lowest BCUT2D eigenvalue weighted by Crippen LogP contribution is -2.34. The van der Waals surface area contributed by atoms with Crippen molar-refractivity contribution in [1.82, 2.24) is 14.7 Å². The van der Waals surface area contributed by atoms with E-state index in [1.807, 2.05) is 0 Å². The third kappa shape index (κ3) is 2.92. The van der Waals surface area contributed by atoms with E-state index in [0.29, 0.717) is 4.59 Å². The molecule has 0 saturated heterocycles. The number of pyridine rings is 1. The summed E-state index contributed by atoms with van der Waals surface area (Å²) in [5.41, 5.74) is 4.18. The molecule has 2 N–H and O–H groups in total. The molecule has 2 aromatic rings. The van der Waals surface area contributed by atoms with Crippen LogP contribution in [-0.4, -0.2) is 44.3 Å².